The summed E-state index contributed by atoms with van der Waals surface area (Å²) in [5.41, 5.74) is 8.97. The van der Waals surface area contributed by atoms with Gasteiger partial charge in [0.1, 0.15) is 0 Å². The van der Waals surface area contributed by atoms with Gasteiger partial charge < -0.3 is 10.7 Å². The molecule has 0 saturated heterocycles. The molecular formula is C13H11ClN2. The highest BCUT2D eigenvalue weighted by Crippen LogP contribution is 2.30. The van der Waals surface area contributed by atoms with Crippen molar-refractivity contribution in [3.8, 4) is 0 Å². The summed E-state index contributed by atoms with van der Waals surface area (Å²) in [6.07, 6.45) is 0. The van der Waals surface area contributed by atoms with Crippen LogP contribution in [0.3, 0.4) is 0 Å². The van der Waals surface area contributed by atoms with Crippen LogP contribution in [0.25, 0.3) is 21.7 Å². The lowest BCUT2D eigenvalue weighted by atomic mass is 10.1. The van der Waals surface area contributed by atoms with Crippen LogP contribution < -0.4 is 5.73 Å². The standard InChI is InChI=1S/C13H11ClN2/c14-7-9-5-8-6-12(15)10-3-1-2-4-11(10)13(8)16-9/h1-6,16H,7,15H2. The Hall–Kier alpha value is -1.67. The molecule has 2 aromatic carbocycles. The van der Waals surface area contributed by atoms with Crippen molar-refractivity contribution in [2.45, 2.75) is 5.88 Å². The Balaban J connectivity index is 2.52. The molecule has 0 aliphatic heterocycles. The number of halogens is 1. The quantitative estimate of drug-likeness (QED) is 0.486. The van der Waals surface area contributed by atoms with Crippen LogP contribution in [-0.4, -0.2) is 4.98 Å². The molecule has 16 heavy (non-hydrogen) atoms. The molecular weight excluding hydrogens is 220 g/mol. The van der Waals surface area contributed by atoms with E-state index in [4.69, 9.17) is 17.3 Å². The summed E-state index contributed by atoms with van der Waals surface area (Å²) in [5.74, 6) is 0.489. The number of hydrogen-bond donors (Lipinski definition) is 2. The maximum atomic E-state index is 6.03. The monoisotopic (exact) mass is 230 g/mol. The third kappa shape index (κ3) is 1.27. The van der Waals surface area contributed by atoms with E-state index < -0.39 is 0 Å². The molecule has 0 bridgehead atoms. The van der Waals surface area contributed by atoms with Crippen LogP contribution >= 0.6 is 11.6 Å². The van der Waals surface area contributed by atoms with Crippen molar-refractivity contribution in [2.75, 3.05) is 5.73 Å². The SMILES string of the molecule is Nc1cc2cc(CCl)[nH]c2c2ccccc12. The van der Waals surface area contributed by atoms with E-state index in [0.29, 0.717) is 5.88 Å². The lowest BCUT2D eigenvalue weighted by molar-refractivity contribution is 1.26. The molecule has 1 aromatic heterocycles. The first-order valence-corrected chi connectivity index (χ1v) is 5.68. The van der Waals surface area contributed by atoms with Crippen molar-refractivity contribution in [1.82, 2.24) is 4.98 Å². The van der Waals surface area contributed by atoms with Crippen molar-refractivity contribution in [3.05, 3.63) is 42.1 Å². The van der Waals surface area contributed by atoms with Gasteiger partial charge in [-0.1, -0.05) is 24.3 Å². The minimum atomic E-state index is 0.489. The highest BCUT2D eigenvalue weighted by Gasteiger charge is 2.06. The number of anilines is 1. The number of hydrogen-bond acceptors (Lipinski definition) is 1. The molecule has 80 valence electrons. The van der Waals surface area contributed by atoms with Crippen LogP contribution in [0.4, 0.5) is 5.69 Å². The number of alkyl halides is 1. The second kappa shape index (κ2) is 3.42. The van der Waals surface area contributed by atoms with Gasteiger partial charge in [0, 0.05) is 27.5 Å². The lowest BCUT2D eigenvalue weighted by Gasteiger charge is -2.03. The number of benzene rings is 2. The molecule has 0 aliphatic rings. The van der Waals surface area contributed by atoms with Crippen LogP contribution in [0, 0.1) is 0 Å². The normalized spacial score (nSPS) is 11.3. The molecule has 3 heteroatoms. The van der Waals surface area contributed by atoms with E-state index in [-0.39, 0.29) is 0 Å². The smallest absolute Gasteiger partial charge is 0.0625 e. The number of rotatable bonds is 1. The van der Waals surface area contributed by atoms with Gasteiger partial charge in [0.15, 0.2) is 0 Å². The molecule has 0 aliphatic carbocycles. The van der Waals surface area contributed by atoms with Gasteiger partial charge in [0.05, 0.1) is 11.4 Å². The molecule has 0 saturated carbocycles. The third-order valence-electron chi connectivity index (χ3n) is 2.87. The van der Waals surface area contributed by atoms with Gasteiger partial charge in [-0.05, 0) is 12.1 Å². The number of fused-ring (bicyclic) bond motifs is 3. The Kier molecular flexibility index (Phi) is 2.04. The summed E-state index contributed by atoms with van der Waals surface area (Å²) in [6, 6.07) is 12.2. The highest BCUT2D eigenvalue weighted by molar-refractivity contribution is 6.17. The van der Waals surface area contributed by atoms with Crippen LogP contribution in [0.1, 0.15) is 5.69 Å². The fourth-order valence-corrected chi connectivity index (χ4v) is 2.28. The minimum absolute atomic E-state index is 0.489. The number of aromatic amines is 1. The van der Waals surface area contributed by atoms with Crippen LogP contribution in [0.2, 0.25) is 0 Å². The summed E-state index contributed by atoms with van der Waals surface area (Å²) >= 11 is 5.83. The van der Waals surface area contributed by atoms with E-state index in [1.165, 1.54) is 0 Å². The molecule has 1 heterocycles. The summed E-state index contributed by atoms with van der Waals surface area (Å²) in [7, 11) is 0. The number of nitrogen functional groups attached to an aromatic ring is 1. The summed E-state index contributed by atoms with van der Waals surface area (Å²) in [6.45, 7) is 0. The number of aromatic nitrogens is 1. The summed E-state index contributed by atoms with van der Waals surface area (Å²) < 4.78 is 0. The Morgan fingerprint density at radius 3 is 2.62 bits per heavy atom. The fraction of sp³-hybridized carbons (Fsp3) is 0.0769. The Morgan fingerprint density at radius 1 is 1.12 bits per heavy atom. The van der Waals surface area contributed by atoms with Gasteiger partial charge in [-0.3, -0.25) is 0 Å². The maximum Gasteiger partial charge on any atom is 0.0625 e. The summed E-state index contributed by atoms with van der Waals surface area (Å²) in [5, 5.41) is 3.35. The second-order valence-electron chi connectivity index (χ2n) is 3.90. The number of nitrogens with one attached hydrogen (secondary N) is 1. The van der Waals surface area contributed by atoms with E-state index in [1.807, 2.05) is 30.3 Å². The van der Waals surface area contributed by atoms with Crippen LogP contribution in [-0.2, 0) is 5.88 Å². The van der Waals surface area contributed by atoms with E-state index in [2.05, 4.69) is 11.1 Å². The van der Waals surface area contributed by atoms with Gasteiger partial charge in [0.2, 0.25) is 0 Å². The Labute approximate surface area is 98.0 Å². The molecule has 2 nitrogen and oxygen atoms in total. The molecule has 0 unspecified atom stereocenters. The average molecular weight is 231 g/mol. The van der Waals surface area contributed by atoms with Crippen LogP contribution in [0.5, 0.6) is 0 Å². The first-order chi connectivity index (χ1) is 7.79. The van der Waals surface area contributed by atoms with E-state index in [9.17, 15) is 0 Å². The van der Waals surface area contributed by atoms with Gasteiger partial charge in [0.25, 0.3) is 0 Å². The third-order valence-corrected chi connectivity index (χ3v) is 3.15. The molecule has 0 amide bonds. The Morgan fingerprint density at radius 2 is 1.88 bits per heavy atom. The van der Waals surface area contributed by atoms with Gasteiger partial charge in [-0.25, -0.2) is 0 Å². The van der Waals surface area contributed by atoms with Gasteiger partial charge >= 0.3 is 0 Å². The van der Waals surface area contributed by atoms with Crippen molar-refractivity contribution < 1.29 is 0 Å². The second-order valence-corrected chi connectivity index (χ2v) is 4.17. The molecule has 0 fully saturated rings. The van der Waals surface area contributed by atoms with Crippen molar-refractivity contribution in [1.29, 1.82) is 0 Å². The zero-order valence-electron chi connectivity index (χ0n) is 8.63. The molecule has 0 spiro atoms. The average Bonchev–Trinajstić information content (AvgIpc) is 2.72. The van der Waals surface area contributed by atoms with Gasteiger partial charge in [-0.15, -0.1) is 11.6 Å². The first kappa shape index (κ1) is 9.55. The molecule has 3 rings (SSSR count). The zero-order chi connectivity index (χ0) is 11.1. The Bertz CT molecular complexity index is 670. The predicted octanol–water partition coefficient (Wildman–Crippen LogP) is 3.64. The zero-order valence-corrected chi connectivity index (χ0v) is 9.38. The molecule has 0 radical (unpaired) electrons. The van der Waals surface area contributed by atoms with Crippen molar-refractivity contribution in [3.63, 3.8) is 0 Å². The molecule has 3 N–H and O–H groups in total. The largest absolute Gasteiger partial charge is 0.398 e. The minimum Gasteiger partial charge on any atom is -0.398 e. The molecule has 3 aromatic rings. The lowest BCUT2D eigenvalue weighted by Crippen LogP contribution is -1.87. The van der Waals surface area contributed by atoms with Crippen molar-refractivity contribution >= 4 is 39.0 Å². The predicted molar refractivity (Wildman–Crippen MR) is 69.8 cm³/mol. The van der Waals surface area contributed by atoms with E-state index in [1.54, 1.807) is 0 Å². The van der Waals surface area contributed by atoms with E-state index >= 15 is 0 Å². The highest BCUT2D eigenvalue weighted by atomic mass is 35.5. The summed E-state index contributed by atoms with van der Waals surface area (Å²) in [4.78, 5) is 3.33. The fourth-order valence-electron chi connectivity index (χ4n) is 2.14. The number of nitrogens with two attached hydrogens (primary N) is 1. The van der Waals surface area contributed by atoms with E-state index in [0.717, 1.165) is 33.1 Å². The van der Waals surface area contributed by atoms with Crippen LogP contribution in [0.15, 0.2) is 36.4 Å². The van der Waals surface area contributed by atoms with Gasteiger partial charge in [-0.2, -0.15) is 0 Å². The topological polar surface area (TPSA) is 41.8 Å². The molecule has 0 atom stereocenters. The maximum absolute atomic E-state index is 6.03. The van der Waals surface area contributed by atoms with Crippen molar-refractivity contribution in [2.24, 2.45) is 0 Å². The number of H-pyrrole nitrogens is 1. The first-order valence-electron chi connectivity index (χ1n) is 5.14.